The highest BCUT2D eigenvalue weighted by Crippen LogP contribution is 2.41. The molecule has 2 heterocycles. The first-order chi connectivity index (χ1) is 10.7. The molecule has 2 aromatic carbocycles. The molecule has 0 atom stereocenters. The highest BCUT2D eigenvalue weighted by molar-refractivity contribution is 7.23. The van der Waals surface area contributed by atoms with Crippen LogP contribution in [0.1, 0.15) is 0 Å². The van der Waals surface area contributed by atoms with E-state index < -0.39 is 0 Å². The summed E-state index contributed by atoms with van der Waals surface area (Å²) in [6.45, 7) is 0. The van der Waals surface area contributed by atoms with Gasteiger partial charge in [-0.15, -0.1) is 11.3 Å². The molecule has 0 N–H and O–H groups in total. The zero-order valence-corrected chi connectivity index (χ0v) is 12.7. The summed E-state index contributed by atoms with van der Waals surface area (Å²) >= 11 is 7.90. The fraction of sp³-hybridized carbons (Fsp3) is 0. The number of benzene rings is 2. The van der Waals surface area contributed by atoms with Crippen LogP contribution in [0.4, 0.5) is 4.39 Å². The zero-order valence-electron chi connectivity index (χ0n) is 11.1. The average molecular weight is 331 g/mol. The van der Waals surface area contributed by atoms with Crippen molar-refractivity contribution in [2.45, 2.75) is 0 Å². The molecular weight excluding hydrogens is 323 g/mol. The van der Waals surface area contributed by atoms with Gasteiger partial charge in [0.15, 0.2) is 0 Å². The van der Waals surface area contributed by atoms with Gasteiger partial charge >= 0.3 is 0 Å². The van der Waals surface area contributed by atoms with Crippen LogP contribution in [-0.2, 0) is 0 Å². The lowest BCUT2D eigenvalue weighted by molar-refractivity contribution is 0.433. The van der Waals surface area contributed by atoms with E-state index in [9.17, 15) is 4.39 Å². The third-order valence-corrected chi connectivity index (χ3v) is 4.92. The first-order valence-electron chi connectivity index (χ1n) is 6.49. The van der Waals surface area contributed by atoms with Gasteiger partial charge in [0.05, 0.1) is 5.02 Å². The van der Waals surface area contributed by atoms with Crippen molar-refractivity contribution in [1.29, 1.82) is 0 Å². The highest BCUT2D eigenvalue weighted by Gasteiger charge is 2.18. The Morgan fingerprint density at radius 3 is 2.59 bits per heavy atom. The molecule has 6 heteroatoms. The van der Waals surface area contributed by atoms with Gasteiger partial charge in [0.25, 0.3) is 5.89 Å². The molecule has 0 saturated carbocycles. The number of hydrogen-bond acceptors (Lipinski definition) is 4. The van der Waals surface area contributed by atoms with E-state index in [1.807, 2.05) is 24.3 Å². The summed E-state index contributed by atoms with van der Waals surface area (Å²) in [7, 11) is 0. The number of thiophene rings is 1. The van der Waals surface area contributed by atoms with Crippen LogP contribution in [0, 0.1) is 5.82 Å². The molecule has 3 nitrogen and oxygen atoms in total. The van der Waals surface area contributed by atoms with Gasteiger partial charge in [-0.25, -0.2) is 4.39 Å². The largest absolute Gasteiger partial charge is 0.333 e. The van der Waals surface area contributed by atoms with Crippen molar-refractivity contribution in [3.05, 3.63) is 59.4 Å². The summed E-state index contributed by atoms with van der Waals surface area (Å²) in [6.07, 6.45) is 0. The minimum atomic E-state index is -0.306. The number of hydrogen-bond donors (Lipinski definition) is 0. The summed E-state index contributed by atoms with van der Waals surface area (Å²) in [5.41, 5.74) is 0.689. The summed E-state index contributed by atoms with van der Waals surface area (Å²) in [5.74, 6) is 0.467. The molecule has 0 aliphatic rings. The van der Waals surface area contributed by atoms with Crippen molar-refractivity contribution in [2.24, 2.45) is 0 Å². The molecular formula is C16H8ClFN2OS. The van der Waals surface area contributed by atoms with Crippen molar-refractivity contribution in [1.82, 2.24) is 10.1 Å². The van der Waals surface area contributed by atoms with Crippen LogP contribution in [0.2, 0.25) is 5.02 Å². The Kier molecular flexibility index (Phi) is 3.17. The lowest BCUT2D eigenvalue weighted by atomic mass is 10.2. The Morgan fingerprint density at radius 2 is 1.82 bits per heavy atom. The van der Waals surface area contributed by atoms with Gasteiger partial charge in [-0.2, -0.15) is 4.98 Å². The minimum absolute atomic E-state index is 0.306. The van der Waals surface area contributed by atoms with Crippen LogP contribution in [0.5, 0.6) is 0 Å². The van der Waals surface area contributed by atoms with Crippen molar-refractivity contribution in [3.8, 4) is 22.2 Å². The molecule has 0 radical (unpaired) electrons. The first kappa shape index (κ1) is 13.4. The van der Waals surface area contributed by atoms with E-state index in [1.165, 1.54) is 23.5 Å². The predicted molar refractivity (Wildman–Crippen MR) is 85.5 cm³/mol. The number of nitrogens with zero attached hydrogens (tertiary/aromatic N) is 2. The Morgan fingerprint density at radius 1 is 1.05 bits per heavy atom. The molecule has 108 valence electrons. The Hall–Kier alpha value is -2.24. The molecule has 0 spiro atoms. The third-order valence-electron chi connectivity index (χ3n) is 3.26. The predicted octanol–water partition coefficient (Wildman–Crippen LogP) is 5.41. The molecule has 0 unspecified atom stereocenters. The molecule has 22 heavy (non-hydrogen) atoms. The quantitative estimate of drug-likeness (QED) is 0.493. The molecule has 2 aromatic heterocycles. The van der Waals surface area contributed by atoms with Crippen LogP contribution in [0.3, 0.4) is 0 Å². The van der Waals surface area contributed by atoms with Crippen LogP contribution < -0.4 is 0 Å². The third kappa shape index (κ3) is 2.19. The van der Waals surface area contributed by atoms with Crippen molar-refractivity contribution in [2.75, 3.05) is 0 Å². The van der Waals surface area contributed by atoms with E-state index in [0.29, 0.717) is 22.3 Å². The normalized spacial score (nSPS) is 11.2. The van der Waals surface area contributed by atoms with Gasteiger partial charge in [0.2, 0.25) is 5.82 Å². The molecule has 0 amide bonds. The number of aromatic nitrogens is 2. The molecule has 0 fully saturated rings. The number of halogens is 2. The zero-order chi connectivity index (χ0) is 15.1. The van der Waals surface area contributed by atoms with E-state index in [2.05, 4.69) is 10.1 Å². The van der Waals surface area contributed by atoms with Gasteiger partial charge in [0.1, 0.15) is 10.7 Å². The van der Waals surface area contributed by atoms with Gasteiger partial charge < -0.3 is 4.52 Å². The molecule has 4 rings (SSSR count). The smallest absolute Gasteiger partial charge is 0.269 e. The van der Waals surface area contributed by atoms with Gasteiger partial charge in [-0.1, -0.05) is 35.0 Å². The molecule has 4 aromatic rings. The number of fused-ring (bicyclic) bond motifs is 1. The Balaban J connectivity index is 1.80. The van der Waals surface area contributed by atoms with Crippen LogP contribution in [0.25, 0.3) is 32.2 Å². The standard InChI is InChI=1S/C16H8ClFN2OS/c17-13-11-3-1-2-4-12(11)22-14(13)16-19-15(20-21-16)9-5-7-10(18)8-6-9/h1-8H. The lowest BCUT2D eigenvalue weighted by Gasteiger charge is -1.92. The minimum Gasteiger partial charge on any atom is -0.333 e. The van der Waals surface area contributed by atoms with E-state index >= 15 is 0 Å². The topological polar surface area (TPSA) is 38.9 Å². The van der Waals surface area contributed by atoms with Crippen LogP contribution in [0.15, 0.2) is 53.1 Å². The van der Waals surface area contributed by atoms with Gasteiger partial charge in [-0.3, -0.25) is 0 Å². The second-order valence-corrected chi connectivity index (χ2v) is 6.10. The summed E-state index contributed by atoms with van der Waals surface area (Å²) < 4.78 is 19.3. The van der Waals surface area contributed by atoms with Crippen LogP contribution >= 0.6 is 22.9 Å². The second-order valence-electron chi connectivity index (χ2n) is 4.67. The maximum Gasteiger partial charge on any atom is 0.269 e. The number of rotatable bonds is 2. The molecule has 0 bridgehead atoms. The lowest BCUT2D eigenvalue weighted by Crippen LogP contribution is -1.81. The molecule has 0 aliphatic heterocycles. The Labute approximate surface area is 134 Å². The fourth-order valence-corrected chi connectivity index (χ4v) is 3.62. The first-order valence-corrected chi connectivity index (χ1v) is 7.69. The maximum absolute atomic E-state index is 13.0. The van der Waals surface area contributed by atoms with Crippen molar-refractivity contribution >= 4 is 33.0 Å². The SMILES string of the molecule is Fc1ccc(-c2noc(-c3sc4ccccc4c3Cl)n2)cc1. The average Bonchev–Trinajstić information content (AvgIpc) is 3.14. The maximum atomic E-state index is 13.0. The van der Waals surface area contributed by atoms with E-state index in [0.717, 1.165) is 15.0 Å². The monoisotopic (exact) mass is 330 g/mol. The van der Waals surface area contributed by atoms with Crippen molar-refractivity contribution in [3.63, 3.8) is 0 Å². The van der Waals surface area contributed by atoms with E-state index in [-0.39, 0.29) is 5.82 Å². The van der Waals surface area contributed by atoms with Gasteiger partial charge in [-0.05, 0) is 30.3 Å². The van der Waals surface area contributed by atoms with Crippen molar-refractivity contribution < 1.29 is 8.91 Å². The fourth-order valence-electron chi connectivity index (χ4n) is 2.18. The molecule has 0 aliphatic carbocycles. The summed E-state index contributed by atoms with van der Waals surface area (Å²) in [5, 5.41) is 5.51. The van der Waals surface area contributed by atoms with Crippen LogP contribution in [-0.4, -0.2) is 10.1 Å². The Bertz CT molecular complexity index is 962. The van der Waals surface area contributed by atoms with E-state index in [1.54, 1.807) is 12.1 Å². The molecule has 0 saturated heterocycles. The van der Waals surface area contributed by atoms with E-state index in [4.69, 9.17) is 16.1 Å². The summed E-state index contributed by atoms with van der Waals surface area (Å²) in [6, 6.07) is 13.8. The second kappa shape index (κ2) is 5.19. The van der Waals surface area contributed by atoms with Gasteiger partial charge in [0, 0.05) is 15.6 Å². The highest BCUT2D eigenvalue weighted by atomic mass is 35.5. The summed E-state index contributed by atoms with van der Waals surface area (Å²) in [4.78, 5) is 5.10.